The summed E-state index contributed by atoms with van der Waals surface area (Å²) in [5.74, 6) is -0.0425. The molecule has 5 heteroatoms. The Morgan fingerprint density at radius 1 is 1.24 bits per heavy atom. The molecule has 2 aromatic heterocycles. The van der Waals surface area contributed by atoms with Crippen LogP contribution in [0.4, 0.5) is 0 Å². The van der Waals surface area contributed by atoms with Crippen LogP contribution in [0.25, 0.3) is 0 Å². The van der Waals surface area contributed by atoms with Crippen LogP contribution in [0, 0.1) is 20.8 Å². The van der Waals surface area contributed by atoms with Gasteiger partial charge in [-0.25, -0.2) is 4.98 Å². The van der Waals surface area contributed by atoms with Crippen LogP contribution < -0.4 is 5.32 Å². The molecule has 0 aliphatic heterocycles. The second kappa shape index (κ2) is 7.57. The lowest BCUT2D eigenvalue weighted by atomic mass is 9.94. The first-order chi connectivity index (χ1) is 12.0. The third-order valence-electron chi connectivity index (χ3n) is 4.07. The molecule has 128 valence electrons. The highest BCUT2D eigenvalue weighted by Crippen LogP contribution is 2.25. The number of carbonyl (C=O) groups excluding carboxylic acids is 1. The first-order valence-corrected chi connectivity index (χ1v) is 9.08. The van der Waals surface area contributed by atoms with Crippen molar-refractivity contribution in [2.24, 2.45) is 0 Å². The molecule has 0 fully saturated rings. The van der Waals surface area contributed by atoms with Gasteiger partial charge in [-0.1, -0.05) is 29.8 Å². The third-order valence-corrected chi connectivity index (χ3v) is 4.89. The van der Waals surface area contributed by atoms with Crippen molar-refractivity contribution in [3.63, 3.8) is 0 Å². The lowest BCUT2D eigenvalue weighted by molar-refractivity contribution is -0.121. The predicted molar refractivity (Wildman–Crippen MR) is 101 cm³/mol. The maximum atomic E-state index is 12.6. The summed E-state index contributed by atoms with van der Waals surface area (Å²) in [4.78, 5) is 21.2. The van der Waals surface area contributed by atoms with Crippen LogP contribution in [0.1, 0.15) is 39.0 Å². The summed E-state index contributed by atoms with van der Waals surface area (Å²) < 4.78 is 0. The highest BCUT2D eigenvalue weighted by Gasteiger charge is 2.19. The molecule has 0 aliphatic carbocycles. The van der Waals surface area contributed by atoms with E-state index in [1.807, 2.05) is 24.4 Å². The SMILES string of the molecule is Cc1ccc(C(NC(=O)Cc2csc(C)n2)c2cccnc2)c(C)c1. The molecule has 3 rings (SSSR count). The molecular weight excluding hydrogens is 330 g/mol. The molecule has 1 N–H and O–H groups in total. The first-order valence-electron chi connectivity index (χ1n) is 8.20. The van der Waals surface area contributed by atoms with E-state index in [2.05, 4.69) is 47.3 Å². The summed E-state index contributed by atoms with van der Waals surface area (Å²) in [7, 11) is 0. The summed E-state index contributed by atoms with van der Waals surface area (Å²) >= 11 is 1.56. The lowest BCUT2D eigenvalue weighted by Gasteiger charge is -2.21. The van der Waals surface area contributed by atoms with Crippen molar-refractivity contribution in [1.29, 1.82) is 0 Å². The molecule has 0 saturated heterocycles. The van der Waals surface area contributed by atoms with E-state index in [-0.39, 0.29) is 18.4 Å². The standard InChI is InChI=1S/C20H21N3OS/c1-13-6-7-18(14(2)9-13)20(16-5-4-8-21-11-16)23-19(24)10-17-12-25-15(3)22-17/h4-9,11-12,20H,10H2,1-3H3,(H,23,24). The van der Waals surface area contributed by atoms with E-state index in [1.54, 1.807) is 23.7 Å². The van der Waals surface area contributed by atoms with Crippen LogP contribution in [0.15, 0.2) is 48.1 Å². The van der Waals surface area contributed by atoms with Crippen molar-refractivity contribution >= 4 is 17.2 Å². The molecule has 3 aromatic rings. The van der Waals surface area contributed by atoms with Gasteiger partial charge in [0.2, 0.25) is 5.91 Å². The van der Waals surface area contributed by atoms with E-state index in [0.29, 0.717) is 0 Å². The highest BCUT2D eigenvalue weighted by molar-refractivity contribution is 7.09. The zero-order chi connectivity index (χ0) is 17.8. The van der Waals surface area contributed by atoms with Crippen LogP contribution >= 0.6 is 11.3 Å². The highest BCUT2D eigenvalue weighted by atomic mass is 32.1. The summed E-state index contributed by atoms with van der Waals surface area (Å²) in [5.41, 5.74) is 5.22. The Balaban J connectivity index is 1.87. The number of aromatic nitrogens is 2. The molecule has 25 heavy (non-hydrogen) atoms. The minimum Gasteiger partial charge on any atom is -0.345 e. The Hall–Kier alpha value is -2.53. The van der Waals surface area contributed by atoms with E-state index >= 15 is 0 Å². The Bertz CT molecular complexity index is 874. The zero-order valence-electron chi connectivity index (χ0n) is 14.6. The molecule has 1 unspecified atom stereocenters. The summed E-state index contributed by atoms with van der Waals surface area (Å²) in [6, 6.07) is 9.94. The molecule has 0 spiro atoms. The molecule has 1 atom stereocenters. The average Bonchev–Trinajstić information content (AvgIpc) is 2.99. The number of hydrogen-bond acceptors (Lipinski definition) is 4. The Morgan fingerprint density at radius 3 is 2.72 bits per heavy atom. The topological polar surface area (TPSA) is 54.9 Å². The number of amides is 1. The van der Waals surface area contributed by atoms with Crippen molar-refractivity contribution in [2.75, 3.05) is 0 Å². The number of hydrogen-bond donors (Lipinski definition) is 1. The van der Waals surface area contributed by atoms with Gasteiger partial charge in [-0.3, -0.25) is 9.78 Å². The fourth-order valence-electron chi connectivity index (χ4n) is 2.90. The van der Waals surface area contributed by atoms with Gasteiger partial charge in [-0.15, -0.1) is 11.3 Å². The van der Waals surface area contributed by atoms with Crippen molar-refractivity contribution in [3.8, 4) is 0 Å². The molecule has 2 heterocycles. The Morgan fingerprint density at radius 2 is 2.08 bits per heavy atom. The largest absolute Gasteiger partial charge is 0.345 e. The van der Waals surface area contributed by atoms with Crippen LogP contribution in [-0.2, 0) is 11.2 Å². The number of pyridine rings is 1. The summed E-state index contributed by atoms with van der Waals surface area (Å²) in [6.07, 6.45) is 3.83. The van der Waals surface area contributed by atoms with Crippen molar-refractivity contribution in [2.45, 2.75) is 33.2 Å². The average molecular weight is 351 g/mol. The van der Waals surface area contributed by atoms with Crippen LogP contribution in [-0.4, -0.2) is 15.9 Å². The Labute approximate surface area is 152 Å². The van der Waals surface area contributed by atoms with Gasteiger partial charge < -0.3 is 5.32 Å². The fraction of sp³-hybridized carbons (Fsp3) is 0.250. The van der Waals surface area contributed by atoms with Gasteiger partial charge in [0, 0.05) is 17.8 Å². The van der Waals surface area contributed by atoms with E-state index in [1.165, 1.54) is 5.56 Å². The molecule has 1 amide bonds. The van der Waals surface area contributed by atoms with Gasteiger partial charge in [-0.2, -0.15) is 0 Å². The zero-order valence-corrected chi connectivity index (χ0v) is 15.4. The molecular formula is C20H21N3OS. The van der Waals surface area contributed by atoms with Gasteiger partial charge in [0.15, 0.2) is 0 Å². The quantitative estimate of drug-likeness (QED) is 0.758. The van der Waals surface area contributed by atoms with E-state index in [4.69, 9.17) is 0 Å². The molecule has 0 bridgehead atoms. The number of benzene rings is 1. The minimum atomic E-state index is -0.221. The number of thiazole rings is 1. The van der Waals surface area contributed by atoms with Crippen LogP contribution in [0.5, 0.6) is 0 Å². The van der Waals surface area contributed by atoms with Gasteiger partial charge in [0.25, 0.3) is 0 Å². The maximum Gasteiger partial charge on any atom is 0.226 e. The predicted octanol–water partition coefficient (Wildman–Crippen LogP) is 3.91. The van der Waals surface area contributed by atoms with Crippen LogP contribution in [0.2, 0.25) is 0 Å². The number of rotatable bonds is 5. The smallest absolute Gasteiger partial charge is 0.226 e. The second-order valence-corrected chi connectivity index (χ2v) is 7.24. The Kier molecular flexibility index (Phi) is 5.24. The monoisotopic (exact) mass is 351 g/mol. The molecule has 1 aromatic carbocycles. The van der Waals surface area contributed by atoms with Gasteiger partial charge >= 0.3 is 0 Å². The first kappa shape index (κ1) is 17.3. The summed E-state index contributed by atoms with van der Waals surface area (Å²) in [6.45, 7) is 6.08. The van der Waals surface area contributed by atoms with Gasteiger partial charge in [0.1, 0.15) is 0 Å². The number of carbonyl (C=O) groups is 1. The van der Waals surface area contributed by atoms with Crippen molar-refractivity contribution in [3.05, 3.63) is 81.1 Å². The van der Waals surface area contributed by atoms with E-state index < -0.39 is 0 Å². The number of aryl methyl sites for hydroxylation is 3. The van der Waals surface area contributed by atoms with Crippen molar-refractivity contribution in [1.82, 2.24) is 15.3 Å². The van der Waals surface area contributed by atoms with Gasteiger partial charge in [-0.05, 0) is 43.5 Å². The fourth-order valence-corrected chi connectivity index (χ4v) is 3.52. The van der Waals surface area contributed by atoms with Crippen LogP contribution in [0.3, 0.4) is 0 Å². The van der Waals surface area contributed by atoms with Gasteiger partial charge in [0.05, 0.1) is 23.2 Å². The summed E-state index contributed by atoms with van der Waals surface area (Å²) in [5, 5.41) is 6.06. The van der Waals surface area contributed by atoms with E-state index in [0.717, 1.165) is 27.4 Å². The normalized spacial score (nSPS) is 12.0. The molecule has 0 radical (unpaired) electrons. The minimum absolute atomic E-state index is 0.0425. The molecule has 4 nitrogen and oxygen atoms in total. The number of nitrogens with zero attached hydrogens (tertiary/aromatic N) is 2. The third kappa shape index (κ3) is 4.31. The van der Waals surface area contributed by atoms with Crippen molar-refractivity contribution < 1.29 is 4.79 Å². The second-order valence-electron chi connectivity index (χ2n) is 6.18. The maximum absolute atomic E-state index is 12.6. The molecule has 0 aliphatic rings. The lowest BCUT2D eigenvalue weighted by Crippen LogP contribution is -2.31. The van der Waals surface area contributed by atoms with E-state index in [9.17, 15) is 4.79 Å². The molecule has 0 saturated carbocycles. The number of nitrogens with one attached hydrogen (secondary N) is 1.